The summed E-state index contributed by atoms with van der Waals surface area (Å²) in [5.41, 5.74) is 1.10. The molecule has 17 heavy (non-hydrogen) atoms. The van der Waals surface area contributed by atoms with E-state index in [1.165, 1.54) is 6.08 Å². The van der Waals surface area contributed by atoms with Crippen LogP contribution >= 0.6 is 0 Å². The van der Waals surface area contributed by atoms with Crippen LogP contribution in [0.25, 0.3) is 6.08 Å². The van der Waals surface area contributed by atoms with Crippen molar-refractivity contribution in [3.63, 3.8) is 0 Å². The number of rotatable bonds is 5. The lowest BCUT2D eigenvalue weighted by atomic mass is 10.1. The van der Waals surface area contributed by atoms with Gasteiger partial charge in [-0.2, -0.15) is 0 Å². The maximum Gasteiger partial charge on any atom is 0.328 e. The average molecular weight is 233 g/mol. The molecule has 0 unspecified atom stereocenters. The SMILES string of the molecule is O=CCNC(=O)c1ccc(C=CC(=O)O)cc1. The molecule has 1 amide bonds. The Hall–Kier alpha value is -2.43. The van der Waals surface area contributed by atoms with Crippen molar-refractivity contribution in [3.05, 3.63) is 41.5 Å². The predicted molar refractivity (Wildman–Crippen MR) is 61.5 cm³/mol. The molecule has 0 spiro atoms. The molecule has 5 nitrogen and oxygen atoms in total. The molecule has 0 aliphatic carbocycles. The van der Waals surface area contributed by atoms with Gasteiger partial charge in [0, 0.05) is 11.6 Å². The summed E-state index contributed by atoms with van der Waals surface area (Å²) >= 11 is 0. The lowest BCUT2D eigenvalue weighted by molar-refractivity contribution is -0.131. The lowest BCUT2D eigenvalue weighted by Gasteiger charge is -2.01. The van der Waals surface area contributed by atoms with Crippen LogP contribution in [0.2, 0.25) is 0 Å². The molecule has 88 valence electrons. The summed E-state index contributed by atoms with van der Waals surface area (Å²) in [4.78, 5) is 31.7. The standard InChI is InChI=1S/C12H11NO4/c14-8-7-13-12(17)10-4-1-9(2-5-10)3-6-11(15)16/h1-6,8H,7H2,(H,13,17)(H,15,16). The zero-order valence-corrected chi connectivity index (χ0v) is 8.92. The number of aldehydes is 1. The minimum atomic E-state index is -1.03. The normalized spacial score (nSPS) is 10.1. The van der Waals surface area contributed by atoms with Crippen molar-refractivity contribution in [2.24, 2.45) is 0 Å². The molecule has 0 aliphatic rings. The quantitative estimate of drug-likeness (QED) is 0.579. The largest absolute Gasteiger partial charge is 0.478 e. The van der Waals surface area contributed by atoms with Crippen LogP contribution in [0.1, 0.15) is 15.9 Å². The minimum Gasteiger partial charge on any atom is -0.478 e. The molecule has 0 atom stereocenters. The maximum atomic E-state index is 11.4. The van der Waals surface area contributed by atoms with Gasteiger partial charge < -0.3 is 15.2 Å². The summed E-state index contributed by atoms with van der Waals surface area (Å²) in [5, 5.41) is 10.8. The summed E-state index contributed by atoms with van der Waals surface area (Å²) < 4.78 is 0. The molecular formula is C12H11NO4. The summed E-state index contributed by atoms with van der Waals surface area (Å²) in [6, 6.07) is 6.36. The molecule has 0 aliphatic heterocycles. The number of carboxylic acid groups (broad SMARTS) is 1. The third-order valence-electron chi connectivity index (χ3n) is 1.94. The number of benzene rings is 1. The summed E-state index contributed by atoms with van der Waals surface area (Å²) in [7, 11) is 0. The van der Waals surface area contributed by atoms with Gasteiger partial charge in [-0.1, -0.05) is 12.1 Å². The predicted octanol–water partition coefficient (Wildman–Crippen LogP) is 0.713. The third-order valence-corrected chi connectivity index (χ3v) is 1.94. The monoisotopic (exact) mass is 233 g/mol. The van der Waals surface area contributed by atoms with E-state index in [9.17, 15) is 14.4 Å². The van der Waals surface area contributed by atoms with E-state index >= 15 is 0 Å². The zero-order valence-electron chi connectivity index (χ0n) is 8.92. The average Bonchev–Trinajstić information content (AvgIpc) is 2.34. The van der Waals surface area contributed by atoms with Crippen molar-refractivity contribution in [2.75, 3.05) is 6.54 Å². The van der Waals surface area contributed by atoms with E-state index in [2.05, 4.69) is 5.32 Å². The van der Waals surface area contributed by atoms with Crippen molar-refractivity contribution in [1.29, 1.82) is 0 Å². The number of carbonyl (C=O) groups is 3. The Balaban J connectivity index is 2.70. The number of hydrogen-bond acceptors (Lipinski definition) is 3. The second kappa shape index (κ2) is 6.22. The molecule has 0 saturated heterocycles. The van der Waals surface area contributed by atoms with E-state index in [1.807, 2.05) is 0 Å². The van der Waals surface area contributed by atoms with Crippen LogP contribution < -0.4 is 5.32 Å². The first kappa shape index (κ1) is 12.6. The van der Waals surface area contributed by atoms with Crippen LogP contribution in [0.5, 0.6) is 0 Å². The molecule has 1 rings (SSSR count). The molecule has 1 aromatic rings. The first-order valence-electron chi connectivity index (χ1n) is 4.86. The van der Waals surface area contributed by atoms with Gasteiger partial charge in [-0.25, -0.2) is 4.79 Å². The van der Waals surface area contributed by atoms with Crippen LogP contribution in [0, 0.1) is 0 Å². The molecular weight excluding hydrogens is 222 g/mol. The fourth-order valence-electron chi connectivity index (χ4n) is 1.15. The van der Waals surface area contributed by atoms with Crippen molar-refractivity contribution in [2.45, 2.75) is 0 Å². The number of carbonyl (C=O) groups excluding carboxylic acids is 2. The van der Waals surface area contributed by atoms with E-state index in [0.717, 1.165) is 6.08 Å². The van der Waals surface area contributed by atoms with Crippen molar-refractivity contribution in [1.82, 2.24) is 5.32 Å². The van der Waals surface area contributed by atoms with Gasteiger partial charge in [0.1, 0.15) is 6.29 Å². The second-order valence-electron chi connectivity index (χ2n) is 3.17. The molecule has 2 N–H and O–H groups in total. The second-order valence-corrected chi connectivity index (χ2v) is 3.17. The van der Waals surface area contributed by atoms with E-state index in [-0.39, 0.29) is 12.5 Å². The van der Waals surface area contributed by atoms with Gasteiger partial charge in [0.15, 0.2) is 0 Å². The van der Waals surface area contributed by atoms with Gasteiger partial charge >= 0.3 is 5.97 Å². The van der Waals surface area contributed by atoms with E-state index < -0.39 is 5.97 Å². The van der Waals surface area contributed by atoms with Crippen LogP contribution in [-0.2, 0) is 9.59 Å². The molecule has 0 heterocycles. The fraction of sp³-hybridized carbons (Fsp3) is 0.0833. The Morgan fingerprint density at radius 2 is 1.88 bits per heavy atom. The third kappa shape index (κ3) is 4.29. The number of amides is 1. The highest BCUT2D eigenvalue weighted by molar-refractivity contribution is 5.95. The van der Waals surface area contributed by atoms with Crippen molar-refractivity contribution in [3.8, 4) is 0 Å². The molecule has 0 fully saturated rings. The van der Waals surface area contributed by atoms with Gasteiger partial charge in [-0.3, -0.25) is 4.79 Å². The van der Waals surface area contributed by atoms with E-state index in [1.54, 1.807) is 24.3 Å². The summed E-state index contributed by atoms with van der Waals surface area (Å²) in [6.07, 6.45) is 3.04. The zero-order chi connectivity index (χ0) is 12.7. The van der Waals surface area contributed by atoms with Gasteiger partial charge in [0.25, 0.3) is 5.91 Å². The minimum absolute atomic E-state index is 0.0283. The molecule has 1 aromatic carbocycles. The Bertz CT molecular complexity index is 448. The highest BCUT2D eigenvalue weighted by Gasteiger charge is 2.03. The van der Waals surface area contributed by atoms with Gasteiger partial charge in [-0.05, 0) is 23.8 Å². The highest BCUT2D eigenvalue weighted by Crippen LogP contribution is 2.06. The smallest absolute Gasteiger partial charge is 0.328 e. The molecule has 5 heteroatoms. The Morgan fingerprint density at radius 3 is 2.41 bits per heavy atom. The Labute approximate surface area is 97.8 Å². The molecule has 0 bridgehead atoms. The van der Waals surface area contributed by atoms with Crippen LogP contribution in [0.4, 0.5) is 0 Å². The van der Waals surface area contributed by atoms with Crippen LogP contribution in [0.15, 0.2) is 30.3 Å². The van der Waals surface area contributed by atoms with E-state index in [4.69, 9.17) is 5.11 Å². The van der Waals surface area contributed by atoms with Gasteiger partial charge in [0.05, 0.1) is 6.54 Å². The first-order chi connectivity index (χ1) is 8.13. The topological polar surface area (TPSA) is 83.5 Å². The number of aliphatic carboxylic acids is 1. The summed E-state index contributed by atoms with van der Waals surface area (Å²) in [5.74, 6) is -1.37. The Kier molecular flexibility index (Phi) is 4.62. The number of nitrogens with one attached hydrogen (secondary N) is 1. The van der Waals surface area contributed by atoms with Crippen molar-refractivity contribution >= 4 is 24.2 Å². The maximum absolute atomic E-state index is 11.4. The molecule has 0 aromatic heterocycles. The first-order valence-corrected chi connectivity index (χ1v) is 4.86. The van der Waals surface area contributed by atoms with Crippen LogP contribution in [0.3, 0.4) is 0 Å². The molecule has 0 saturated carbocycles. The van der Waals surface area contributed by atoms with E-state index in [0.29, 0.717) is 17.4 Å². The van der Waals surface area contributed by atoms with Crippen LogP contribution in [-0.4, -0.2) is 29.8 Å². The number of hydrogen-bond donors (Lipinski definition) is 2. The van der Waals surface area contributed by atoms with Crippen molar-refractivity contribution < 1.29 is 19.5 Å². The fourth-order valence-corrected chi connectivity index (χ4v) is 1.15. The van der Waals surface area contributed by atoms with Gasteiger partial charge in [-0.15, -0.1) is 0 Å². The highest BCUT2D eigenvalue weighted by atomic mass is 16.4. The summed E-state index contributed by atoms with van der Waals surface area (Å²) in [6.45, 7) is -0.0283. The lowest BCUT2D eigenvalue weighted by Crippen LogP contribution is -2.24. The van der Waals surface area contributed by atoms with Gasteiger partial charge in [0.2, 0.25) is 0 Å². The number of carboxylic acids is 1. The molecule has 0 radical (unpaired) electrons. The Morgan fingerprint density at radius 1 is 1.24 bits per heavy atom.